The van der Waals surface area contributed by atoms with Crippen molar-refractivity contribution >= 4 is 0 Å². The van der Waals surface area contributed by atoms with Crippen molar-refractivity contribution in [3.63, 3.8) is 0 Å². The van der Waals surface area contributed by atoms with E-state index in [0.29, 0.717) is 6.04 Å². The van der Waals surface area contributed by atoms with Crippen LogP contribution in [0.4, 0.5) is 0 Å². The first-order valence-electron chi connectivity index (χ1n) is 9.54. The van der Waals surface area contributed by atoms with Crippen LogP contribution < -0.4 is 5.32 Å². The highest BCUT2D eigenvalue weighted by Crippen LogP contribution is 2.32. The van der Waals surface area contributed by atoms with E-state index in [-0.39, 0.29) is 0 Å². The Labute approximate surface area is 133 Å². The molecule has 0 aromatic heterocycles. The SMILES string of the molecule is CC(C)C1CCCC(N(CC2CCCNC2)C(C)C)CC1. The summed E-state index contributed by atoms with van der Waals surface area (Å²) in [7, 11) is 0. The van der Waals surface area contributed by atoms with Crippen LogP contribution in [0, 0.1) is 17.8 Å². The lowest BCUT2D eigenvalue weighted by Gasteiger charge is -2.38. The fraction of sp³-hybridized carbons (Fsp3) is 1.00. The molecule has 1 saturated heterocycles. The van der Waals surface area contributed by atoms with Gasteiger partial charge in [0.05, 0.1) is 0 Å². The number of hydrogen-bond acceptors (Lipinski definition) is 2. The minimum atomic E-state index is 0.701. The van der Waals surface area contributed by atoms with Crippen LogP contribution in [-0.4, -0.2) is 36.6 Å². The van der Waals surface area contributed by atoms with Gasteiger partial charge in [-0.3, -0.25) is 4.90 Å². The van der Waals surface area contributed by atoms with E-state index in [9.17, 15) is 0 Å². The zero-order valence-corrected chi connectivity index (χ0v) is 14.9. The van der Waals surface area contributed by atoms with Crippen LogP contribution in [0.1, 0.15) is 72.6 Å². The lowest BCUT2D eigenvalue weighted by atomic mass is 9.89. The molecule has 2 rings (SSSR count). The highest BCUT2D eigenvalue weighted by molar-refractivity contribution is 4.83. The Morgan fingerprint density at radius 2 is 1.76 bits per heavy atom. The van der Waals surface area contributed by atoms with Crippen LogP contribution in [0.5, 0.6) is 0 Å². The average molecular weight is 295 g/mol. The van der Waals surface area contributed by atoms with Crippen LogP contribution in [0.15, 0.2) is 0 Å². The Morgan fingerprint density at radius 1 is 0.952 bits per heavy atom. The van der Waals surface area contributed by atoms with Gasteiger partial charge in [0.15, 0.2) is 0 Å². The Balaban J connectivity index is 1.90. The van der Waals surface area contributed by atoms with Crippen molar-refractivity contribution in [3.8, 4) is 0 Å². The topological polar surface area (TPSA) is 15.3 Å². The second-order valence-corrected chi connectivity index (χ2v) is 8.17. The van der Waals surface area contributed by atoms with E-state index in [1.165, 1.54) is 64.6 Å². The zero-order chi connectivity index (χ0) is 15.2. The third kappa shape index (κ3) is 5.25. The van der Waals surface area contributed by atoms with Gasteiger partial charge in [-0.25, -0.2) is 0 Å². The summed E-state index contributed by atoms with van der Waals surface area (Å²) < 4.78 is 0. The molecule has 124 valence electrons. The molecule has 1 aliphatic carbocycles. The monoisotopic (exact) mass is 294 g/mol. The molecule has 0 bridgehead atoms. The van der Waals surface area contributed by atoms with Gasteiger partial charge in [0.25, 0.3) is 0 Å². The first-order valence-corrected chi connectivity index (χ1v) is 9.54. The molecule has 2 aliphatic rings. The van der Waals surface area contributed by atoms with Gasteiger partial charge >= 0.3 is 0 Å². The van der Waals surface area contributed by atoms with E-state index < -0.39 is 0 Å². The largest absolute Gasteiger partial charge is 0.316 e. The first kappa shape index (κ1) is 17.3. The molecule has 2 heteroatoms. The van der Waals surface area contributed by atoms with Gasteiger partial charge in [0.2, 0.25) is 0 Å². The maximum absolute atomic E-state index is 3.59. The number of nitrogens with zero attached hydrogens (tertiary/aromatic N) is 1. The number of rotatable bonds is 5. The molecule has 21 heavy (non-hydrogen) atoms. The van der Waals surface area contributed by atoms with Gasteiger partial charge < -0.3 is 5.32 Å². The quantitative estimate of drug-likeness (QED) is 0.760. The number of hydrogen-bond donors (Lipinski definition) is 1. The summed E-state index contributed by atoms with van der Waals surface area (Å²) in [4.78, 5) is 2.85. The second kappa shape index (κ2) is 8.53. The zero-order valence-electron chi connectivity index (χ0n) is 14.9. The molecule has 1 N–H and O–H groups in total. The van der Waals surface area contributed by atoms with Crippen molar-refractivity contribution in [1.29, 1.82) is 0 Å². The average Bonchev–Trinajstić information content (AvgIpc) is 2.71. The molecule has 3 unspecified atom stereocenters. The second-order valence-electron chi connectivity index (χ2n) is 8.17. The van der Waals surface area contributed by atoms with Crippen molar-refractivity contribution in [3.05, 3.63) is 0 Å². The lowest BCUT2D eigenvalue weighted by molar-refractivity contribution is 0.106. The Hall–Kier alpha value is -0.0800. The lowest BCUT2D eigenvalue weighted by Crippen LogP contribution is -2.46. The van der Waals surface area contributed by atoms with Crippen molar-refractivity contribution in [2.45, 2.75) is 84.7 Å². The minimum absolute atomic E-state index is 0.701. The summed E-state index contributed by atoms with van der Waals surface area (Å²) in [6.07, 6.45) is 10.0. The summed E-state index contributed by atoms with van der Waals surface area (Å²) >= 11 is 0. The van der Waals surface area contributed by atoms with Crippen LogP contribution in [0.25, 0.3) is 0 Å². The maximum atomic E-state index is 3.59. The summed E-state index contributed by atoms with van der Waals surface area (Å²) in [6.45, 7) is 13.4. The van der Waals surface area contributed by atoms with Gasteiger partial charge in [0.1, 0.15) is 0 Å². The van der Waals surface area contributed by atoms with Crippen LogP contribution in [-0.2, 0) is 0 Å². The molecule has 0 spiro atoms. The van der Waals surface area contributed by atoms with Crippen molar-refractivity contribution in [2.75, 3.05) is 19.6 Å². The summed E-state index contributed by atoms with van der Waals surface area (Å²) in [5, 5.41) is 3.59. The molecule has 2 fully saturated rings. The molecule has 1 aliphatic heterocycles. The molecule has 0 amide bonds. The molecule has 0 aromatic carbocycles. The number of piperidine rings is 1. The summed E-state index contributed by atoms with van der Waals surface area (Å²) in [5.41, 5.74) is 0. The molecule has 0 aromatic rings. The third-order valence-corrected chi connectivity index (χ3v) is 5.93. The Bertz CT molecular complexity index is 281. The minimum Gasteiger partial charge on any atom is -0.316 e. The van der Waals surface area contributed by atoms with E-state index in [1.54, 1.807) is 0 Å². The Morgan fingerprint density at radius 3 is 2.38 bits per heavy atom. The van der Waals surface area contributed by atoms with E-state index in [4.69, 9.17) is 0 Å². The highest BCUT2D eigenvalue weighted by atomic mass is 15.2. The van der Waals surface area contributed by atoms with E-state index >= 15 is 0 Å². The van der Waals surface area contributed by atoms with Gasteiger partial charge in [-0.05, 0) is 76.8 Å². The van der Waals surface area contributed by atoms with E-state index in [0.717, 1.165) is 23.8 Å². The van der Waals surface area contributed by atoms with Gasteiger partial charge in [-0.1, -0.05) is 26.7 Å². The molecular formula is C19H38N2. The van der Waals surface area contributed by atoms with Crippen molar-refractivity contribution in [1.82, 2.24) is 10.2 Å². The summed E-state index contributed by atoms with van der Waals surface area (Å²) in [6, 6.07) is 1.54. The predicted molar refractivity (Wildman–Crippen MR) is 92.6 cm³/mol. The fourth-order valence-electron chi connectivity index (χ4n) is 4.47. The highest BCUT2D eigenvalue weighted by Gasteiger charge is 2.28. The molecule has 2 nitrogen and oxygen atoms in total. The van der Waals surface area contributed by atoms with Crippen molar-refractivity contribution in [2.24, 2.45) is 17.8 Å². The van der Waals surface area contributed by atoms with E-state index in [1.807, 2.05) is 0 Å². The first-order chi connectivity index (χ1) is 10.1. The molecule has 3 atom stereocenters. The molecule has 0 radical (unpaired) electrons. The van der Waals surface area contributed by atoms with Crippen molar-refractivity contribution < 1.29 is 0 Å². The molecule has 1 saturated carbocycles. The predicted octanol–water partition coefficient (Wildman–Crippen LogP) is 4.30. The Kier molecular flexibility index (Phi) is 7.01. The smallest absolute Gasteiger partial charge is 0.00981 e. The summed E-state index contributed by atoms with van der Waals surface area (Å²) in [5.74, 6) is 2.73. The van der Waals surface area contributed by atoms with Gasteiger partial charge in [0, 0.05) is 18.6 Å². The van der Waals surface area contributed by atoms with Gasteiger partial charge in [-0.2, -0.15) is 0 Å². The normalized spacial score (nSPS) is 31.9. The van der Waals surface area contributed by atoms with Gasteiger partial charge in [-0.15, -0.1) is 0 Å². The van der Waals surface area contributed by atoms with Crippen LogP contribution in [0.2, 0.25) is 0 Å². The van der Waals surface area contributed by atoms with Crippen LogP contribution in [0.3, 0.4) is 0 Å². The molecular weight excluding hydrogens is 256 g/mol. The maximum Gasteiger partial charge on any atom is 0.00981 e. The number of nitrogens with one attached hydrogen (secondary N) is 1. The third-order valence-electron chi connectivity index (χ3n) is 5.93. The standard InChI is InChI=1S/C19H38N2/c1-15(2)18-8-5-9-19(11-10-18)21(16(3)4)14-17-7-6-12-20-13-17/h15-20H,5-14H2,1-4H3. The fourth-order valence-corrected chi connectivity index (χ4v) is 4.47. The molecule has 1 heterocycles. The van der Waals surface area contributed by atoms with E-state index in [2.05, 4.69) is 37.9 Å². The van der Waals surface area contributed by atoms with Crippen LogP contribution >= 0.6 is 0 Å².